The van der Waals surface area contributed by atoms with Crippen molar-refractivity contribution in [1.82, 2.24) is 4.72 Å². The molecule has 1 N–H and O–H groups in total. The molecule has 0 aliphatic carbocycles. The molecule has 3 nitrogen and oxygen atoms in total. The molecule has 0 saturated carbocycles. The second-order valence-corrected chi connectivity index (χ2v) is 4.09. The molecular formula is C7H17NO2S. The van der Waals surface area contributed by atoms with Gasteiger partial charge in [0.05, 0.1) is 0 Å². The van der Waals surface area contributed by atoms with E-state index in [0.717, 1.165) is 19.3 Å². The number of hydrogen-bond donors (Lipinski definition) is 2. The molecule has 0 radical (unpaired) electrons. The Kier molecular flexibility index (Phi) is 4.68. The summed E-state index contributed by atoms with van der Waals surface area (Å²) >= 11 is 0. The third-order valence-corrected chi connectivity index (χ3v) is 2.34. The number of thiol groups is 1. The molecule has 0 saturated heterocycles. The van der Waals surface area contributed by atoms with Gasteiger partial charge in [0.25, 0.3) is 0 Å². The van der Waals surface area contributed by atoms with E-state index in [1.54, 1.807) is 0 Å². The van der Waals surface area contributed by atoms with Gasteiger partial charge in [0.2, 0.25) is 10.9 Å². The maximum atomic E-state index is 10.3. The first-order valence-electron chi connectivity index (χ1n) is 3.90. The highest BCUT2D eigenvalue weighted by Gasteiger charge is 2.16. The van der Waals surface area contributed by atoms with Gasteiger partial charge in [-0.2, -0.15) is 0 Å². The fraction of sp³-hybridized carbons (Fsp3) is 1.00. The van der Waals surface area contributed by atoms with Gasteiger partial charge >= 0.3 is 0 Å². The molecule has 0 spiro atoms. The molecule has 0 rings (SSSR count). The highest BCUT2D eigenvalue weighted by molar-refractivity contribution is 7.70. The lowest BCUT2D eigenvalue weighted by Crippen LogP contribution is -2.37. The summed E-state index contributed by atoms with van der Waals surface area (Å²) in [5.74, 6) is 0. The molecule has 0 bridgehead atoms. The lowest BCUT2D eigenvalue weighted by molar-refractivity contribution is 0.413. The van der Waals surface area contributed by atoms with Crippen LogP contribution in [-0.4, -0.2) is 14.0 Å². The van der Waals surface area contributed by atoms with Gasteiger partial charge < -0.3 is 0 Å². The molecule has 0 aromatic carbocycles. The van der Waals surface area contributed by atoms with E-state index in [2.05, 4.69) is 11.6 Å². The summed E-state index contributed by atoms with van der Waals surface area (Å²) in [5.41, 5.74) is -0.273. The first kappa shape index (κ1) is 10.9. The number of hydrogen-bond acceptors (Lipinski definition) is 2. The fourth-order valence-corrected chi connectivity index (χ4v) is 1.53. The van der Waals surface area contributed by atoms with Crippen LogP contribution in [0.2, 0.25) is 0 Å². The van der Waals surface area contributed by atoms with Crippen LogP contribution in [0.1, 0.15) is 40.0 Å². The van der Waals surface area contributed by atoms with E-state index in [0.29, 0.717) is 0 Å². The van der Waals surface area contributed by atoms with E-state index in [-0.39, 0.29) is 5.54 Å². The van der Waals surface area contributed by atoms with Gasteiger partial charge in [-0.15, -0.1) is 0 Å². The van der Waals surface area contributed by atoms with Crippen molar-refractivity contribution in [3.63, 3.8) is 0 Å². The van der Waals surface area contributed by atoms with E-state index in [1.807, 2.05) is 13.8 Å². The Morgan fingerprint density at radius 2 is 1.91 bits per heavy atom. The zero-order valence-electron chi connectivity index (χ0n) is 7.39. The molecule has 0 unspecified atom stereocenters. The summed E-state index contributed by atoms with van der Waals surface area (Å²) in [4.78, 5) is 0. The van der Waals surface area contributed by atoms with Crippen molar-refractivity contribution >= 4 is 10.9 Å². The van der Waals surface area contributed by atoms with Crippen LogP contribution in [0.3, 0.4) is 0 Å². The van der Waals surface area contributed by atoms with Crippen LogP contribution in [0, 0.1) is 0 Å². The first-order valence-corrected chi connectivity index (χ1v) is 5.08. The fourth-order valence-electron chi connectivity index (χ4n) is 0.922. The van der Waals surface area contributed by atoms with Crippen LogP contribution in [0.15, 0.2) is 0 Å². The molecule has 0 heterocycles. The smallest absolute Gasteiger partial charge is 0.201 e. The van der Waals surface area contributed by atoms with Gasteiger partial charge in [-0.1, -0.05) is 19.8 Å². The highest BCUT2D eigenvalue weighted by atomic mass is 32.2. The Hall–Kier alpha value is -0.0900. The lowest BCUT2D eigenvalue weighted by Gasteiger charge is -2.21. The summed E-state index contributed by atoms with van der Waals surface area (Å²) in [6, 6.07) is 0. The zero-order valence-corrected chi connectivity index (χ0v) is 8.28. The minimum atomic E-state index is -2.46. The quantitative estimate of drug-likeness (QED) is 0.620. The second-order valence-electron chi connectivity index (χ2n) is 3.36. The standard InChI is InChI=1S/C7H17NO2S/c1-4-5-6-7(2,3)8-11(9)10/h11H,4-6H2,1-3H3,(H,8,9,10). The van der Waals surface area contributed by atoms with Crippen LogP contribution in [0.25, 0.3) is 0 Å². The van der Waals surface area contributed by atoms with Gasteiger partial charge in [-0.05, 0) is 20.3 Å². The Bertz CT molecular complexity index is 167. The minimum Gasteiger partial charge on any atom is -0.215 e. The summed E-state index contributed by atoms with van der Waals surface area (Å²) in [6.45, 7) is 5.88. The molecule has 4 heteroatoms. The number of rotatable bonds is 5. The highest BCUT2D eigenvalue weighted by Crippen LogP contribution is 2.11. The van der Waals surface area contributed by atoms with Crippen molar-refractivity contribution in [3.05, 3.63) is 0 Å². The van der Waals surface area contributed by atoms with Gasteiger partial charge in [-0.25, -0.2) is 13.1 Å². The zero-order chi connectivity index (χ0) is 8.91. The molecule has 0 aliphatic heterocycles. The van der Waals surface area contributed by atoms with Gasteiger partial charge in [0.15, 0.2) is 0 Å². The van der Waals surface area contributed by atoms with E-state index in [1.165, 1.54) is 0 Å². The van der Waals surface area contributed by atoms with E-state index in [4.69, 9.17) is 0 Å². The van der Waals surface area contributed by atoms with Crippen molar-refractivity contribution in [2.24, 2.45) is 0 Å². The van der Waals surface area contributed by atoms with Crippen molar-refractivity contribution in [2.75, 3.05) is 0 Å². The molecule has 68 valence electrons. The van der Waals surface area contributed by atoms with Crippen LogP contribution in [-0.2, 0) is 10.9 Å². The van der Waals surface area contributed by atoms with Crippen LogP contribution < -0.4 is 4.72 Å². The summed E-state index contributed by atoms with van der Waals surface area (Å²) < 4.78 is 23.1. The third kappa shape index (κ3) is 6.31. The molecule has 0 aliphatic rings. The molecule has 0 aromatic heterocycles. The monoisotopic (exact) mass is 179 g/mol. The lowest BCUT2D eigenvalue weighted by atomic mass is 9.99. The van der Waals surface area contributed by atoms with Gasteiger partial charge in [0, 0.05) is 5.54 Å². The van der Waals surface area contributed by atoms with Crippen molar-refractivity contribution < 1.29 is 8.42 Å². The van der Waals surface area contributed by atoms with E-state index < -0.39 is 10.9 Å². The van der Waals surface area contributed by atoms with Crippen LogP contribution >= 0.6 is 0 Å². The largest absolute Gasteiger partial charge is 0.215 e. The topological polar surface area (TPSA) is 46.2 Å². The molecule has 0 atom stereocenters. The van der Waals surface area contributed by atoms with Crippen molar-refractivity contribution in [1.29, 1.82) is 0 Å². The second kappa shape index (κ2) is 4.72. The first-order chi connectivity index (χ1) is 4.98. The SMILES string of the molecule is CCCCC(C)(C)N[SH](=O)=O. The van der Waals surface area contributed by atoms with E-state index in [9.17, 15) is 8.42 Å². The van der Waals surface area contributed by atoms with E-state index >= 15 is 0 Å². The third-order valence-electron chi connectivity index (χ3n) is 1.55. The molecular weight excluding hydrogens is 162 g/mol. The minimum absolute atomic E-state index is 0.273. The summed E-state index contributed by atoms with van der Waals surface area (Å²) in [7, 11) is -2.46. The molecule has 0 amide bonds. The number of nitrogens with one attached hydrogen (secondary N) is 1. The average Bonchev–Trinajstić information content (AvgIpc) is 1.81. The molecule has 0 fully saturated rings. The Labute approximate surface area is 70.3 Å². The Morgan fingerprint density at radius 3 is 2.27 bits per heavy atom. The van der Waals surface area contributed by atoms with Crippen LogP contribution in [0.4, 0.5) is 0 Å². The summed E-state index contributed by atoms with van der Waals surface area (Å²) in [6.07, 6.45) is 3.05. The summed E-state index contributed by atoms with van der Waals surface area (Å²) in [5, 5.41) is 0. The average molecular weight is 179 g/mol. The van der Waals surface area contributed by atoms with Gasteiger partial charge in [-0.3, -0.25) is 0 Å². The molecule has 0 aromatic rings. The van der Waals surface area contributed by atoms with Gasteiger partial charge in [0.1, 0.15) is 0 Å². The Morgan fingerprint density at radius 1 is 1.36 bits per heavy atom. The predicted octanol–water partition coefficient (Wildman–Crippen LogP) is 1.07. The van der Waals surface area contributed by atoms with Crippen molar-refractivity contribution in [3.8, 4) is 0 Å². The molecule has 11 heavy (non-hydrogen) atoms. The number of unbranched alkanes of at least 4 members (excludes halogenated alkanes) is 1. The maximum absolute atomic E-state index is 10.3. The van der Waals surface area contributed by atoms with Crippen molar-refractivity contribution in [2.45, 2.75) is 45.6 Å². The normalized spacial score (nSPS) is 12.4. The van der Waals surface area contributed by atoms with Crippen LogP contribution in [0.5, 0.6) is 0 Å². The maximum Gasteiger partial charge on any atom is 0.201 e. The Balaban J connectivity index is 3.79. The predicted molar refractivity (Wildman–Crippen MR) is 47.1 cm³/mol.